The third-order valence-electron chi connectivity index (χ3n) is 2.54. The van der Waals surface area contributed by atoms with E-state index < -0.39 is 0 Å². The topological polar surface area (TPSA) is 52.0 Å². The van der Waals surface area contributed by atoms with Gasteiger partial charge in [-0.1, -0.05) is 12.1 Å². The second-order valence-corrected chi connectivity index (χ2v) is 5.52. The number of nitrogens with two attached hydrogens (primary N) is 1. The first-order chi connectivity index (χ1) is 7.79. The van der Waals surface area contributed by atoms with Crippen molar-refractivity contribution >= 4 is 37.9 Å². The molecule has 0 aromatic carbocycles. The number of nitrogen functional groups attached to an aromatic ring is 1. The lowest BCUT2D eigenvalue weighted by Gasteiger charge is -1.94. The molecule has 82 valence electrons. The highest BCUT2D eigenvalue weighted by atomic mass is 32.1. The molecule has 3 aromatic rings. The van der Waals surface area contributed by atoms with Crippen molar-refractivity contribution in [3.05, 3.63) is 23.1 Å². The summed E-state index contributed by atoms with van der Waals surface area (Å²) in [4.78, 5) is 1.11. The van der Waals surface area contributed by atoms with Gasteiger partial charge >= 0.3 is 0 Å². The predicted molar refractivity (Wildman–Crippen MR) is 69.0 cm³/mol. The van der Waals surface area contributed by atoms with Gasteiger partial charge in [-0.3, -0.25) is 0 Å². The summed E-state index contributed by atoms with van der Waals surface area (Å²) in [5.74, 6) is 1.34. The van der Waals surface area contributed by atoms with E-state index in [1.807, 2.05) is 0 Å². The van der Waals surface area contributed by atoms with Crippen molar-refractivity contribution in [2.45, 2.75) is 13.3 Å². The SMILES string of the molecule is CCc1c(N)noc1-c1cc2sccc2s1. The van der Waals surface area contributed by atoms with E-state index in [1.165, 1.54) is 9.40 Å². The molecule has 0 spiro atoms. The van der Waals surface area contributed by atoms with Gasteiger partial charge in [0.2, 0.25) is 0 Å². The third-order valence-corrected chi connectivity index (χ3v) is 4.63. The number of hydrogen-bond acceptors (Lipinski definition) is 5. The van der Waals surface area contributed by atoms with Crippen LogP contribution in [0.3, 0.4) is 0 Å². The van der Waals surface area contributed by atoms with Crippen molar-refractivity contribution in [1.82, 2.24) is 5.16 Å². The van der Waals surface area contributed by atoms with Crippen molar-refractivity contribution < 1.29 is 4.52 Å². The third kappa shape index (κ3) is 1.36. The molecule has 0 saturated heterocycles. The summed E-state index contributed by atoms with van der Waals surface area (Å²) in [5, 5.41) is 5.93. The van der Waals surface area contributed by atoms with Crippen LogP contribution in [0, 0.1) is 0 Å². The van der Waals surface area contributed by atoms with Gasteiger partial charge in [-0.05, 0) is 23.9 Å². The molecule has 0 unspecified atom stereocenters. The zero-order valence-corrected chi connectivity index (χ0v) is 10.3. The Bertz CT molecular complexity index is 607. The number of fused-ring (bicyclic) bond motifs is 1. The number of anilines is 1. The van der Waals surface area contributed by atoms with Gasteiger partial charge in [0.15, 0.2) is 11.6 Å². The van der Waals surface area contributed by atoms with Crippen molar-refractivity contribution in [3.63, 3.8) is 0 Å². The van der Waals surface area contributed by atoms with Gasteiger partial charge in [0.1, 0.15) is 0 Å². The standard InChI is InChI=1S/C11H10N2OS2/c1-2-6-10(14-13-11(6)12)9-5-8-7(16-9)3-4-15-8/h3-5H,2H2,1H3,(H2,12,13). The zero-order chi connectivity index (χ0) is 11.1. The van der Waals surface area contributed by atoms with Gasteiger partial charge in [-0.15, -0.1) is 22.7 Å². The molecule has 0 radical (unpaired) electrons. The quantitative estimate of drug-likeness (QED) is 0.753. The van der Waals surface area contributed by atoms with Crippen LogP contribution in [0.4, 0.5) is 5.82 Å². The van der Waals surface area contributed by atoms with Crippen LogP contribution in [0.5, 0.6) is 0 Å². The second-order valence-electron chi connectivity index (χ2n) is 3.49. The average Bonchev–Trinajstić information content (AvgIpc) is 2.89. The molecule has 0 aliphatic heterocycles. The first-order valence-corrected chi connectivity index (χ1v) is 6.70. The summed E-state index contributed by atoms with van der Waals surface area (Å²) in [5.41, 5.74) is 6.77. The Hall–Kier alpha value is -1.33. The van der Waals surface area contributed by atoms with Crippen molar-refractivity contribution in [2.75, 3.05) is 5.73 Å². The van der Waals surface area contributed by atoms with E-state index in [1.54, 1.807) is 22.7 Å². The largest absolute Gasteiger partial charge is 0.381 e. The van der Waals surface area contributed by atoms with Gasteiger partial charge < -0.3 is 10.3 Å². The first-order valence-electron chi connectivity index (χ1n) is 5.01. The Balaban J connectivity index is 2.18. The highest BCUT2D eigenvalue weighted by molar-refractivity contribution is 7.28. The van der Waals surface area contributed by atoms with E-state index in [2.05, 4.69) is 29.6 Å². The van der Waals surface area contributed by atoms with Crippen LogP contribution >= 0.6 is 22.7 Å². The van der Waals surface area contributed by atoms with Crippen molar-refractivity contribution in [2.24, 2.45) is 0 Å². The summed E-state index contributed by atoms with van der Waals surface area (Å²) in [6.07, 6.45) is 0.843. The van der Waals surface area contributed by atoms with Gasteiger partial charge in [0.25, 0.3) is 0 Å². The summed E-state index contributed by atoms with van der Waals surface area (Å²) < 4.78 is 7.89. The lowest BCUT2D eigenvalue weighted by atomic mass is 10.2. The summed E-state index contributed by atoms with van der Waals surface area (Å²) in [6.45, 7) is 2.06. The monoisotopic (exact) mass is 250 g/mol. The molecule has 0 atom stereocenters. The number of aromatic nitrogens is 1. The molecule has 3 aromatic heterocycles. The average molecular weight is 250 g/mol. The fourth-order valence-electron chi connectivity index (χ4n) is 1.73. The summed E-state index contributed by atoms with van der Waals surface area (Å²) in [7, 11) is 0. The second kappa shape index (κ2) is 3.61. The minimum atomic E-state index is 0.509. The van der Waals surface area contributed by atoms with Gasteiger partial charge in [0, 0.05) is 15.0 Å². The van der Waals surface area contributed by atoms with Crippen LogP contribution in [0.2, 0.25) is 0 Å². The normalized spacial score (nSPS) is 11.3. The smallest absolute Gasteiger partial charge is 0.182 e. The van der Waals surface area contributed by atoms with E-state index in [9.17, 15) is 0 Å². The van der Waals surface area contributed by atoms with Crippen molar-refractivity contribution in [1.29, 1.82) is 0 Å². The van der Waals surface area contributed by atoms with Gasteiger partial charge in [-0.25, -0.2) is 0 Å². The molecule has 3 rings (SSSR count). The van der Waals surface area contributed by atoms with E-state index in [4.69, 9.17) is 10.3 Å². The summed E-state index contributed by atoms with van der Waals surface area (Å²) in [6, 6.07) is 4.27. The van der Waals surface area contributed by atoms with Crippen molar-refractivity contribution in [3.8, 4) is 10.6 Å². The van der Waals surface area contributed by atoms with E-state index >= 15 is 0 Å². The van der Waals surface area contributed by atoms with Crippen LogP contribution in [-0.4, -0.2) is 5.16 Å². The molecule has 0 aliphatic carbocycles. The van der Waals surface area contributed by atoms with Crippen LogP contribution in [0.25, 0.3) is 20.0 Å². The van der Waals surface area contributed by atoms with Crippen LogP contribution in [0.15, 0.2) is 22.0 Å². The van der Waals surface area contributed by atoms with Crippen LogP contribution < -0.4 is 5.73 Å². The molecule has 0 aliphatic rings. The van der Waals surface area contributed by atoms with Gasteiger partial charge in [-0.2, -0.15) is 0 Å². The fraction of sp³-hybridized carbons (Fsp3) is 0.182. The van der Waals surface area contributed by atoms with E-state index in [-0.39, 0.29) is 0 Å². The lowest BCUT2D eigenvalue weighted by molar-refractivity contribution is 0.436. The molecule has 3 nitrogen and oxygen atoms in total. The Morgan fingerprint density at radius 3 is 3.06 bits per heavy atom. The number of rotatable bonds is 2. The number of thiophene rings is 2. The van der Waals surface area contributed by atoms with Crippen LogP contribution in [0.1, 0.15) is 12.5 Å². The fourth-order valence-corrected chi connectivity index (χ4v) is 3.85. The Kier molecular flexibility index (Phi) is 2.22. The maximum absolute atomic E-state index is 5.76. The lowest BCUT2D eigenvalue weighted by Crippen LogP contribution is -1.90. The molecule has 0 bridgehead atoms. The number of nitrogens with zero attached hydrogens (tertiary/aromatic N) is 1. The first kappa shape index (κ1) is 9.86. The maximum Gasteiger partial charge on any atom is 0.182 e. The number of hydrogen-bond donors (Lipinski definition) is 1. The molecule has 0 saturated carbocycles. The predicted octanol–water partition coefficient (Wildman–Crippen LogP) is 3.76. The molecule has 0 amide bonds. The van der Waals surface area contributed by atoms with Crippen LogP contribution in [-0.2, 0) is 6.42 Å². The Morgan fingerprint density at radius 1 is 1.44 bits per heavy atom. The Labute approximate surface area is 100 Å². The molecule has 2 N–H and O–H groups in total. The summed E-state index contributed by atoms with van der Waals surface area (Å²) >= 11 is 3.46. The minimum Gasteiger partial charge on any atom is -0.381 e. The zero-order valence-electron chi connectivity index (χ0n) is 8.69. The van der Waals surface area contributed by atoms with E-state index in [0.717, 1.165) is 22.6 Å². The molecular weight excluding hydrogens is 240 g/mol. The molecule has 0 fully saturated rings. The van der Waals surface area contributed by atoms with Gasteiger partial charge in [0.05, 0.1) is 4.88 Å². The molecule has 3 heterocycles. The minimum absolute atomic E-state index is 0.509. The highest BCUT2D eigenvalue weighted by Gasteiger charge is 2.16. The molecule has 16 heavy (non-hydrogen) atoms. The Morgan fingerprint density at radius 2 is 2.31 bits per heavy atom. The molecule has 5 heteroatoms. The highest BCUT2D eigenvalue weighted by Crippen LogP contribution is 2.38. The molecular formula is C11H10N2OS2. The van der Waals surface area contributed by atoms with E-state index in [0.29, 0.717) is 5.82 Å². The maximum atomic E-state index is 5.76.